The molecule has 0 aliphatic carbocycles. The molecular formula is C10H10ClN3O3. The highest BCUT2D eigenvalue weighted by atomic mass is 35.5. The van der Waals surface area contributed by atoms with Gasteiger partial charge in [-0.15, -0.1) is 5.10 Å². The Labute approximate surface area is 101 Å². The summed E-state index contributed by atoms with van der Waals surface area (Å²) in [5.41, 5.74) is 1.02. The molecular weight excluding hydrogens is 246 g/mol. The molecule has 1 unspecified atom stereocenters. The fourth-order valence-corrected chi connectivity index (χ4v) is 1.77. The van der Waals surface area contributed by atoms with Crippen LogP contribution >= 0.6 is 11.6 Å². The molecule has 0 bridgehead atoms. The quantitative estimate of drug-likeness (QED) is 0.864. The minimum absolute atomic E-state index is 0.0112. The summed E-state index contributed by atoms with van der Waals surface area (Å²) in [4.78, 5) is 10.9. The van der Waals surface area contributed by atoms with Gasteiger partial charge >= 0.3 is 5.97 Å². The largest absolute Gasteiger partial charge is 0.478 e. The zero-order valence-electron chi connectivity index (χ0n) is 8.96. The number of hydrogen-bond donors (Lipinski definition) is 2. The van der Waals surface area contributed by atoms with Gasteiger partial charge in [-0.25, -0.2) is 9.48 Å². The predicted octanol–water partition coefficient (Wildman–Crippen LogP) is 1.34. The van der Waals surface area contributed by atoms with E-state index in [0.29, 0.717) is 11.0 Å². The van der Waals surface area contributed by atoms with Gasteiger partial charge in [0, 0.05) is 0 Å². The third-order valence-electron chi connectivity index (χ3n) is 2.47. The molecule has 0 saturated carbocycles. The number of aromatic carboxylic acids is 1. The molecule has 0 fully saturated rings. The van der Waals surface area contributed by atoms with Crippen LogP contribution in [-0.2, 0) is 0 Å². The van der Waals surface area contributed by atoms with Gasteiger partial charge in [-0.1, -0.05) is 16.8 Å². The molecule has 0 aliphatic heterocycles. The Balaban J connectivity index is 2.64. The van der Waals surface area contributed by atoms with Crippen LogP contribution < -0.4 is 0 Å². The van der Waals surface area contributed by atoms with Gasteiger partial charge in [-0.05, 0) is 19.1 Å². The van der Waals surface area contributed by atoms with E-state index < -0.39 is 5.97 Å². The molecule has 0 saturated heterocycles. The van der Waals surface area contributed by atoms with Crippen LogP contribution in [0.5, 0.6) is 0 Å². The summed E-state index contributed by atoms with van der Waals surface area (Å²) >= 11 is 5.86. The number of aliphatic hydroxyl groups excluding tert-OH is 1. The third-order valence-corrected chi connectivity index (χ3v) is 2.78. The molecule has 2 N–H and O–H groups in total. The predicted molar refractivity (Wildman–Crippen MR) is 61.3 cm³/mol. The standard InChI is InChI=1S/C10H10ClN3O3/c1-5(4-15)14-9-3-7(11)6(10(16)17)2-8(9)12-13-14/h2-3,5,15H,4H2,1H3,(H,16,17). The van der Waals surface area contributed by atoms with Crippen molar-refractivity contribution in [2.45, 2.75) is 13.0 Å². The van der Waals surface area contributed by atoms with Crippen molar-refractivity contribution in [2.75, 3.05) is 6.61 Å². The van der Waals surface area contributed by atoms with Gasteiger partial charge < -0.3 is 10.2 Å². The van der Waals surface area contributed by atoms with Crippen molar-refractivity contribution in [2.24, 2.45) is 0 Å². The summed E-state index contributed by atoms with van der Waals surface area (Å²) in [6, 6.07) is 2.62. The number of halogens is 1. The monoisotopic (exact) mass is 255 g/mol. The first kappa shape index (κ1) is 11.8. The van der Waals surface area contributed by atoms with E-state index in [1.165, 1.54) is 16.8 Å². The summed E-state index contributed by atoms with van der Waals surface area (Å²) in [6.07, 6.45) is 0. The number of aromatic nitrogens is 3. The average Bonchev–Trinajstić information content (AvgIpc) is 2.69. The Kier molecular flexibility index (Phi) is 2.99. The molecule has 0 spiro atoms. The molecule has 1 aromatic heterocycles. The van der Waals surface area contributed by atoms with Gasteiger partial charge in [0.05, 0.1) is 28.8 Å². The Hall–Kier alpha value is -1.66. The molecule has 1 aromatic carbocycles. The maximum atomic E-state index is 10.9. The van der Waals surface area contributed by atoms with Crippen molar-refractivity contribution >= 4 is 28.6 Å². The van der Waals surface area contributed by atoms with Crippen molar-refractivity contribution in [3.05, 3.63) is 22.7 Å². The summed E-state index contributed by atoms with van der Waals surface area (Å²) in [5, 5.41) is 25.8. The van der Waals surface area contributed by atoms with Gasteiger partial charge in [0.1, 0.15) is 5.52 Å². The molecule has 2 aromatic rings. The first-order valence-corrected chi connectivity index (χ1v) is 5.31. The number of hydrogen-bond acceptors (Lipinski definition) is 4. The van der Waals surface area contributed by atoms with Gasteiger partial charge in [0.25, 0.3) is 0 Å². The highest BCUT2D eigenvalue weighted by molar-refractivity contribution is 6.34. The lowest BCUT2D eigenvalue weighted by molar-refractivity contribution is 0.0697. The van der Waals surface area contributed by atoms with Crippen molar-refractivity contribution < 1.29 is 15.0 Å². The van der Waals surface area contributed by atoms with Gasteiger partial charge in [-0.3, -0.25) is 0 Å². The van der Waals surface area contributed by atoms with Crippen molar-refractivity contribution in [1.29, 1.82) is 0 Å². The third kappa shape index (κ3) is 1.96. The number of carboxylic acids is 1. The van der Waals surface area contributed by atoms with E-state index in [0.717, 1.165) is 0 Å². The van der Waals surface area contributed by atoms with Crippen LogP contribution in [0.2, 0.25) is 5.02 Å². The topological polar surface area (TPSA) is 88.2 Å². The lowest BCUT2D eigenvalue weighted by Gasteiger charge is -2.08. The minimum atomic E-state index is -1.11. The van der Waals surface area contributed by atoms with Crippen LogP contribution in [0.1, 0.15) is 23.3 Å². The Morgan fingerprint density at radius 1 is 1.59 bits per heavy atom. The van der Waals surface area contributed by atoms with E-state index in [2.05, 4.69) is 10.3 Å². The molecule has 2 rings (SSSR count). The molecule has 90 valence electrons. The molecule has 0 amide bonds. The zero-order valence-corrected chi connectivity index (χ0v) is 9.72. The molecule has 1 atom stereocenters. The molecule has 7 heteroatoms. The van der Waals surface area contributed by atoms with E-state index in [1.807, 2.05) is 0 Å². The van der Waals surface area contributed by atoms with Gasteiger partial charge in [0.2, 0.25) is 0 Å². The SMILES string of the molecule is CC(CO)n1nnc2cc(C(=O)O)c(Cl)cc21. The van der Waals surface area contributed by atoms with E-state index in [-0.39, 0.29) is 23.2 Å². The van der Waals surface area contributed by atoms with Crippen molar-refractivity contribution in [3.63, 3.8) is 0 Å². The highest BCUT2D eigenvalue weighted by Crippen LogP contribution is 2.24. The van der Waals surface area contributed by atoms with E-state index in [9.17, 15) is 4.79 Å². The number of rotatable bonds is 3. The van der Waals surface area contributed by atoms with E-state index in [4.69, 9.17) is 21.8 Å². The van der Waals surface area contributed by atoms with Crippen LogP contribution in [0.3, 0.4) is 0 Å². The number of nitrogens with zero attached hydrogens (tertiary/aromatic N) is 3. The van der Waals surface area contributed by atoms with Gasteiger partial charge in [-0.2, -0.15) is 0 Å². The van der Waals surface area contributed by atoms with Crippen LogP contribution in [-0.4, -0.2) is 37.8 Å². The number of fused-ring (bicyclic) bond motifs is 1. The number of carbonyl (C=O) groups is 1. The molecule has 6 nitrogen and oxygen atoms in total. The number of benzene rings is 1. The Bertz CT molecular complexity index is 581. The lowest BCUT2D eigenvalue weighted by atomic mass is 10.2. The van der Waals surface area contributed by atoms with Crippen LogP contribution in [0.25, 0.3) is 11.0 Å². The second kappa shape index (κ2) is 4.31. The zero-order chi connectivity index (χ0) is 12.6. The average molecular weight is 256 g/mol. The number of aliphatic hydroxyl groups is 1. The Morgan fingerprint density at radius 3 is 2.88 bits per heavy atom. The van der Waals surface area contributed by atoms with Crippen LogP contribution in [0, 0.1) is 0 Å². The van der Waals surface area contributed by atoms with Crippen LogP contribution in [0.4, 0.5) is 0 Å². The first-order valence-electron chi connectivity index (χ1n) is 4.93. The maximum Gasteiger partial charge on any atom is 0.337 e. The van der Waals surface area contributed by atoms with E-state index >= 15 is 0 Å². The second-order valence-electron chi connectivity index (χ2n) is 3.69. The van der Waals surface area contributed by atoms with Crippen LogP contribution in [0.15, 0.2) is 12.1 Å². The molecule has 17 heavy (non-hydrogen) atoms. The first-order chi connectivity index (χ1) is 8.04. The van der Waals surface area contributed by atoms with Crippen molar-refractivity contribution in [1.82, 2.24) is 15.0 Å². The lowest BCUT2D eigenvalue weighted by Crippen LogP contribution is -2.10. The molecule has 0 radical (unpaired) electrons. The number of carboxylic acid groups (broad SMARTS) is 1. The second-order valence-corrected chi connectivity index (χ2v) is 4.10. The fourth-order valence-electron chi connectivity index (χ4n) is 1.53. The normalized spacial score (nSPS) is 12.9. The summed E-state index contributed by atoms with van der Waals surface area (Å²) < 4.78 is 1.51. The fraction of sp³-hybridized carbons (Fsp3) is 0.300. The van der Waals surface area contributed by atoms with Crippen molar-refractivity contribution in [3.8, 4) is 0 Å². The molecule has 1 heterocycles. The highest BCUT2D eigenvalue weighted by Gasteiger charge is 2.16. The smallest absolute Gasteiger partial charge is 0.337 e. The summed E-state index contributed by atoms with van der Waals surface area (Å²) in [7, 11) is 0. The Morgan fingerprint density at radius 2 is 2.29 bits per heavy atom. The summed E-state index contributed by atoms with van der Waals surface area (Å²) in [5.74, 6) is -1.11. The minimum Gasteiger partial charge on any atom is -0.478 e. The molecule has 0 aliphatic rings. The summed E-state index contributed by atoms with van der Waals surface area (Å²) in [6.45, 7) is 1.68. The van der Waals surface area contributed by atoms with Gasteiger partial charge in [0.15, 0.2) is 0 Å². The van der Waals surface area contributed by atoms with E-state index in [1.54, 1.807) is 6.92 Å². The maximum absolute atomic E-state index is 10.9.